The fraction of sp³-hybridized carbons (Fsp3) is 0.143. The van der Waals surface area contributed by atoms with Gasteiger partial charge in [0.1, 0.15) is 0 Å². The molecule has 0 unspecified atom stereocenters. The summed E-state index contributed by atoms with van der Waals surface area (Å²) in [6.45, 7) is 1.57. The summed E-state index contributed by atoms with van der Waals surface area (Å²) in [7, 11) is 0. The standard InChI is InChI=1S/C14H10Cl2F2N2O2S/c1-6-10(5-11(23-6)12(19)21)20-13(22)14(17,18)8-4-7(15)2-3-9(8)16/h2-5H,1H3,(H2,19,21)(H,20,22). The van der Waals surface area contributed by atoms with Crippen molar-refractivity contribution in [3.8, 4) is 0 Å². The Labute approximate surface area is 144 Å². The van der Waals surface area contributed by atoms with E-state index < -0.39 is 23.3 Å². The second-order valence-electron chi connectivity index (χ2n) is 4.60. The molecule has 0 aliphatic heterocycles. The molecule has 0 atom stereocenters. The maximum absolute atomic E-state index is 14.3. The molecule has 0 aliphatic carbocycles. The first-order valence-electron chi connectivity index (χ1n) is 6.18. The van der Waals surface area contributed by atoms with Crippen molar-refractivity contribution in [1.29, 1.82) is 0 Å². The van der Waals surface area contributed by atoms with Crippen LogP contribution in [0.25, 0.3) is 0 Å². The van der Waals surface area contributed by atoms with Gasteiger partial charge in [-0.1, -0.05) is 23.2 Å². The molecule has 4 nitrogen and oxygen atoms in total. The molecule has 2 rings (SSSR count). The van der Waals surface area contributed by atoms with Crippen molar-refractivity contribution in [2.45, 2.75) is 12.8 Å². The van der Waals surface area contributed by atoms with Gasteiger partial charge < -0.3 is 11.1 Å². The van der Waals surface area contributed by atoms with E-state index in [9.17, 15) is 18.4 Å². The minimum Gasteiger partial charge on any atom is -0.365 e. The van der Waals surface area contributed by atoms with Crippen LogP contribution in [-0.4, -0.2) is 11.8 Å². The molecule has 9 heteroatoms. The largest absolute Gasteiger partial charge is 0.365 e. The number of anilines is 1. The van der Waals surface area contributed by atoms with E-state index in [1.165, 1.54) is 18.2 Å². The van der Waals surface area contributed by atoms with Crippen molar-refractivity contribution >= 4 is 52.0 Å². The summed E-state index contributed by atoms with van der Waals surface area (Å²) in [4.78, 5) is 23.7. The summed E-state index contributed by atoms with van der Waals surface area (Å²) < 4.78 is 28.7. The monoisotopic (exact) mass is 378 g/mol. The number of alkyl halides is 2. The van der Waals surface area contributed by atoms with Crippen molar-refractivity contribution in [2.24, 2.45) is 5.73 Å². The summed E-state index contributed by atoms with van der Waals surface area (Å²) >= 11 is 12.4. The van der Waals surface area contributed by atoms with E-state index in [0.29, 0.717) is 4.88 Å². The summed E-state index contributed by atoms with van der Waals surface area (Å²) in [6.07, 6.45) is 0. The van der Waals surface area contributed by atoms with Gasteiger partial charge in [0.25, 0.3) is 11.8 Å². The second-order valence-corrected chi connectivity index (χ2v) is 6.70. The number of amides is 2. The highest BCUT2D eigenvalue weighted by atomic mass is 35.5. The van der Waals surface area contributed by atoms with Crippen LogP contribution in [0.15, 0.2) is 24.3 Å². The molecule has 0 fully saturated rings. The number of hydrogen-bond acceptors (Lipinski definition) is 3. The summed E-state index contributed by atoms with van der Waals surface area (Å²) in [5.41, 5.74) is 4.51. The van der Waals surface area contributed by atoms with Crippen molar-refractivity contribution < 1.29 is 18.4 Å². The molecule has 0 bridgehead atoms. The molecule has 2 amide bonds. The Morgan fingerprint density at radius 3 is 2.48 bits per heavy atom. The third-order valence-corrected chi connectivity index (χ3v) is 4.59. The smallest absolute Gasteiger partial charge is 0.351 e. The van der Waals surface area contributed by atoms with E-state index in [1.54, 1.807) is 6.92 Å². The number of benzene rings is 1. The number of carbonyl (C=O) groups is 2. The number of rotatable bonds is 4. The van der Waals surface area contributed by atoms with Crippen LogP contribution in [0.4, 0.5) is 14.5 Å². The van der Waals surface area contributed by atoms with Crippen LogP contribution in [-0.2, 0) is 10.7 Å². The number of nitrogens with one attached hydrogen (secondary N) is 1. The molecular formula is C14H10Cl2F2N2O2S. The van der Waals surface area contributed by atoms with Crippen molar-refractivity contribution in [1.82, 2.24) is 0 Å². The fourth-order valence-electron chi connectivity index (χ4n) is 1.79. The topological polar surface area (TPSA) is 72.2 Å². The van der Waals surface area contributed by atoms with E-state index in [0.717, 1.165) is 17.4 Å². The number of halogens is 4. The first-order chi connectivity index (χ1) is 10.6. The number of primary amides is 1. The van der Waals surface area contributed by atoms with Crippen LogP contribution in [0.3, 0.4) is 0 Å². The maximum Gasteiger partial charge on any atom is 0.351 e. The van der Waals surface area contributed by atoms with Gasteiger partial charge in [-0.15, -0.1) is 11.3 Å². The fourth-order valence-corrected chi connectivity index (χ4v) is 3.02. The average Bonchev–Trinajstić information content (AvgIpc) is 2.83. The Bertz CT molecular complexity index is 793. The first kappa shape index (κ1) is 17.7. The molecule has 0 radical (unpaired) electrons. The molecule has 0 spiro atoms. The highest BCUT2D eigenvalue weighted by Gasteiger charge is 2.43. The normalized spacial score (nSPS) is 11.3. The van der Waals surface area contributed by atoms with Gasteiger partial charge in [0.2, 0.25) is 0 Å². The predicted molar refractivity (Wildman–Crippen MR) is 86.6 cm³/mol. The summed E-state index contributed by atoms with van der Waals surface area (Å²) in [6, 6.07) is 4.69. The predicted octanol–water partition coefficient (Wildman–Crippen LogP) is 4.19. The quantitative estimate of drug-likeness (QED) is 0.836. The number of hydrogen-bond donors (Lipinski definition) is 2. The number of aryl methyl sites for hydroxylation is 1. The third kappa shape index (κ3) is 3.63. The van der Waals surface area contributed by atoms with Gasteiger partial charge in [0, 0.05) is 9.90 Å². The lowest BCUT2D eigenvalue weighted by Crippen LogP contribution is -2.32. The lowest BCUT2D eigenvalue weighted by atomic mass is 10.1. The van der Waals surface area contributed by atoms with Gasteiger partial charge in [-0.25, -0.2) is 0 Å². The van der Waals surface area contributed by atoms with Gasteiger partial charge in [-0.2, -0.15) is 8.78 Å². The Morgan fingerprint density at radius 1 is 1.26 bits per heavy atom. The zero-order chi connectivity index (χ0) is 17.4. The van der Waals surface area contributed by atoms with Crippen molar-refractivity contribution in [3.05, 3.63) is 49.6 Å². The molecule has 1 aromatic heterocycles. The Kier molecular flexibility index (Phi) is 4.93. The van der Waals surface area contributed by atoms with Crippen LogP contribution in [0, 0.1) is 6.92 Å². The van der Waals surface area contributed by atoms with Crippen molar-refractivity contribution in [2.75, 3.05) is 5.32 Å². The van der Waals surface area contributed by atoms with E-state index in [4.69, 9.17) is 28.9 Å². The van der Waals surface area contributed by atoms with Gasteiger partial charge in [0.05, 0.1) is 21.2 Å². The van der Waals surface area contributed by atoms with Gasteiger partial charge in [0.15, 0.2) is 0 Å². The van der Waals surface area contributed by atoms with Gasteiger partial charge >= 0.3 is 5.92 Å². The zero-order valence-electron chi connectivity index (χ0n) is 11.6. The van der Waals surface area contributed by atoms with Gasteiger partial charge in [-0.05, 0) is 31.2 Å². The van der Waals surface area contributed by atoms with Crippen molar-refractivity contribution in [3.63, 3.8) is 0 Å². The zero-order valence-corrected chi connectivity index (χ0v) is 14.0. The minimum absolute atomic E-state index is 0.0274. The molecule has 0 aliphatic rings. The molecular weight excluding hydrogens is 369 g/mol. The highest BCUT2D eigenvalue weighted by molar-refractivity contribution is 7.14. The average molecular weight is 379 g/mol. The maximum atomic E-state index is 14.3. The Balaban J connectivity index is 2.32. The summed E-state index contributed by atoms with van der Waals surface area (Å²) in [5.74, 6) is -6.19. The highest BCUT2D eigenvalue weighted by Crippen LogP contribution is 2.37. The van der Waals surface area contributed by atoms with Crippen LogP contribution in [0.2, 0.25) is 10.0 Å². The SMILES string of the molecule is Cc1sc(C(N)=O)cc1NC(=O)C(F)(F)c1cc(Cl)ccc1Cl. The first-order valence-corrected chi connectivity index (χ1v) is 7.75. The molecule has 1 aromatic carbocycles. The van der Waals surface area contributed by atoms with Gasteiger partial charge in [-0.3, -0.25) is 9.59 Å². The number of nitrogens with two attached hydrogens (primary N) is 1. The van der Waals surface area contributed by atoms with E-state index in [2.05, 4.69) is 5.32 Å². The molecule has 2 aromatic rings. The van der Waals surface area contributed by atoms with E-state index in [-0.39, 0.29) is 20.6 Å². The molecule has 0 saturated carbocycles. The lowest BCUT2D eigenvalue weighted by molar-refractivity contribution is -0.140. The van der Waals surface area contributed by atoms with Crippen LogP contribution >= 0.6 is 34.5 Å². The molecule has 3 N–H and O–H groups in total. The number of carbonyl (C=O) groups excluding carboxylic acids is 2. The van der Waals surface area contributed by atoms with E-state index in [1.807, 2.05) is 0 Å². The summed E-state index contributed by atoms with van der Waals surface area (Å²) in [5, 5.41) is 1.83. The van der Waals surface area contributed by atoms with Crippen LogP contribution < -0.4 is 11.1 Å². The molecule has 1 heterocycles. The molecule has 122 valence electrons. The minimum atomic E-state index is -3.90. The third-order valence-electron chi connectivity index (χ3n) is 2.96. The van der Waals surface area contributed by atoms with Crippen LogP contribution in [0.1, 0.15) is 20.1 Å². The lowest BCUT2D eigenvalue weighted by Gasteiger charge is -2.17. The van der Waals surface area contributed by atoms with E-state index >= 15 is 0 Å². The number of thiophene rings is 1. The molecule has 0 saturated heterocycles. The Hall–Kier alpha value is -1.70. The Morgan fingerprint density at radius 2 is 1.91 bits per heavy atom. The second kappa shape index (κ2) is 6.43. The molecule has 23 heavy (non-hydrogen) atoms. The van der Waals surface area contributed by atoms with Crippen LogP contribution in [0.5, 0.6) is 0 Å².